The van der Waals surface area contributed by atoms with Gasteiger partial charge in [-0.3, -0.25) is 4.98 Å². The van der Waals surface area contributed by atoms with Crippen LogP contribution in [0, 0.1) is 0 Å². The van der Waals surface area contributed by atoms with Gasteiger partial charge < -0.3 is 5.32 Å². The molecule has 5 heteroatoms. The molecule has 1 aliphatic rings. The highest BCUT2D eigenvalue weighted by Gasteiger charge is 2.29. The van der Waals surface area contributed by atoms with Crippen LogP contribution in [-0.4, -0.2) is 30.9 Å². The van der Waals surface area contributed by atoms with Crippen molar-refractivity contribution in [3.63, 3.8) is 0 Å². The van der Waals surface area contributed by atoms with E-state index in [2.05, 4.69) is 17.2 Å². The van der Waals surface area contributed by atoms with Crippen molar-refractivity contribution in [2.24, 2.45) is 0 Å². The number of rotatable bonds is 4. The average Bonchev–Trinajstić information content (AvgIpc) is 2.39. The molecule has 3 atom stereocenters. The third-order valence-electron chi connectivity index (χ3n) is 3.92. The van der Waals surface area contributed by atoms with Crippen LogP contribution in [0.4, 0.5) is 0 Å². The largest absolute Gasteiger partial charge is 0.307 e. The Hall–Kier alpha value is -0.940. The van der Waals surface area contributed by atoms with E-state index in [0.717, 1.165) is 25.7 Å². The van der Waals surface area contributed by atoms with Crippen LogP contribution in [0.25, 0.3) is 0 Å². The summed E-state index contributed by atoms with van der Waals surface area (Å²) in [5, 5.41) is 3.37. The first-order valence-electron chi connectivity index (χ1n) is 6.81. The molecule has 2 rings (SSSR count). The van der Waals surface area contributed by atoms with Gasteiger partial charge in [0.05, 0.1) is 5.25 Å². The zero-order valence-electron chi connectivity index (χ0n) is 11.5. The van der Waals surface area contributed by atoms with Gasteiger partial charge in [-0.25, -0.2) is 8.42 Å². The molecule has 1 heterocycles. The fraction of sp³-hybridized carbons (Fsp3) is 0.643. The first kappa shape index (κ1) is 14.5. The monoisotopic (exact) mass is 282 g/mol. The number of nitrogens with one attached hydrogen (secondary N) is 1. The highest BCUT2D eigenvalue weighted by molar-refractivity contribution is 7.91. The summed E-state index contributed by atoms with van der Waals surface area (Å²) in [6.45, 7) is 2.11. The maximum Gasteiger partial charge on any atom is 0.150 e. The van der Waals surface area contributed by atoms with E-state index < -0.39 is 9.84 Å². The molecule has 1 aromatic rings. The summed E-state index contributed by atoms with van der Waals surface area (Å²) in [7, 11) is -2.91. The number of sulfone groups is 1. The van der Waals surface area contributed by atoms with Gasteiger partial charge in [-0.05, 0) is 43.9 Å². The molecule has 2 unspecified atom stereocenters. The summed E-state index contributed by atoms with van der Waals surface area (Å²) >= 11 is 0. The molecule has 1 fully saturated rings. The van der Waals surface area contributed by atoms with Crippen LogP contribution in [0.5, 0.6) is 0 Å². The summed E-state index contributed by atoms with van der Waals surface area (Å²) in [5.41, 5.74) is 1.19. The second kappa shape index (κ2) is 6.01. The molecule has 0 spiro atoms. The molecule has 1 saturated carbocycles. The normalized spacial score (nSPS) is 26.0. The zero-order chi connectivity index (χ0) is 13.9. The van der Waals surface area contributed by atoms with Crippen LogP contribution in [0.2, 0.25) is 0 Å². The van der Waals surface area contributed by atoms with Gasteiger partial charge in [0, 0.05) is 30.7 Å². The predicted molar refractivity (Wildman–Crippen MR) is 76.7 cm³/mol. The maximum absolute atomic E-state index is 11.7. The van der Waals surface area contributed by atoms with Gasteiger partial charge >= 0.3 is 0 Å². The smallest absolute Gasteiger partial charge is 0.150 e. The van der Waals surface area contributed by atoms with E-state index in [1.54, 1.807) is 12.4 Å². The molecular formula is C14H22N2O2S. The van der Waals surface area contributed by atoms with E-state index in [1.807, 2.05) is 12.1 Å². The highest BCUT2D eigenvalue weighted by Crippen LogP contribution is 2.25. The Balaban J connectivity index is 1.96. The minimum absolute atomic E-state index is 0.177. The average molecular weight is 282 g/mol. The topological polar surface area (TPSA) is 59.1 Å². The lowest BCUT2D eigenvalue weighted by Gasteiger charge is -2.31. The fourth-order valence-electron chi connectivity index (χ4n) is 2.79. The number of hydrogen-bond acceptors (Lipinski definition) is 4. The molecule has 0 aliphatic heterocycles. The fourth-order valence-corrected chi connectivity index (χ4v) is 3.96. The first-order valence-corrected chi connectivity index (χ1v) is 8.77. The Kier molecular flexibility index (Phi) is 4.58. The SMILES string of the molecule is C[C@@H](NC1CCCC(S(C)(=O)=O)C1)c1ccncc1. The standard InChI is InChI=1S/C14H22N2O2S/c1-11(12-6-8-15-9-7-12)16-13-4-3-5-14(10-13)19(2,17)18/h6-9,11,13-14,16H,3-5,10H2,1-2H3/t11-,13?,14?/m1/s1. The summed E-state index contributed by atoms with van der Waals surface area (Å²) in [5.74, 6) is 0. The van der Waals surface area contributed by atoms with Gasteiger partial charge in [0.25, 0.3) is 0 Å². The third-order valence-corrected chi connectivity index (χ3v) is 5.56. The Morgan fingerprint density at radius 3 is 2.63 bits per heavy atom. The van der Waals surface area contributed by atoms with Gasteiger partial charge in [0.1, 0.15) is 9.84 Å². The van der Waals surface area contributed by atoms with Crippen molar-refractivity contribution in [2.75, 3.05) is 6.26 Å². The third kappa shape index (κ3) is 4.01. The maximum atomic E-state index is 11.7. The van der Waals surface area contributed by atoms with Crippen molar-refractivity contribution in [1.29, 1.82) is 0 Å². The van der Waals surface area contributed by atoms with Crippen molar-refractivity contribution in [2.45, 2.75) is 49.9 Å². The highest BCUT2D eigenvalue weighted by atomic mass is 32.2. The number of pyridine rings is 1. The Morgan fingerprint density at radius 1 is 1.32 bits per heavy atom. The molecule has 19 heavy (non-hydrogen) atoms. The van der Waals surface area contributed by atoms with Gasteiger partial charge in [0.15, 0.2) is 0 Å². The van der Waals surface area contributed by atoms with E-state index in [-0.39, 0.29) is 17.3 Å². The minimum atomic E-state index is -2.91. The van der Waals surface area contributed by atoms with E-state index in [9.17, 15) is 8.42 Å². The number of aromatic nitrogens is 1. The first-order chi connectivity index (χ1) is 8.97. The molecule has 0 radical (unpaired) electrons. The van der Waals surface area contributed by atoms with Gasteiger partial charge in [-0.2, -0.15) is 0 Å². The zero-order valence-corrected chi connectivity index (χ0v) is 12.4. The van der Waals surface area contributed by atoms with Crippen LogP contribution in [0.3, 0.4) is 0 Å². The molecule has 1 aromatic heterocycles. The van der Waals surface area contributed by atoms with Crippen LogP contribution < -0.4 is 5.32 Å². The summed E-state index contributed by atoms with van der Waals surface area (Å²) in [4.78, 5) is 4.01. The molecule has 1 N–H and O–H groups in total. The quantitative estimate of drug-likeness (QED) is 0.918. The summed E-state index contributed by atoms with van der Waals surface area (Å²) in [6, 6.07) is 4.51. The van der Waals surface area contributed by atoms with E-state index in [0.29, 0.717) is 0 Å². The van der Waals surface area contributed by atoms with Gasteiger partial charge in [-0.15, -0.1) is 0 Å². The molecular weight excluding hydrogens is 260 g/mol. The lowest BCUT2D eigenvalue weighted by molar-refractivity contribution is 0.346. The second-order valence-corrected chi connectivity index (χ2v) is 7.81. The van der Waals surface area contributed by atoms with E-state index >= 15 is 0 Å². The van der Waals surface area contributed by atoms with Crippen molar-refractivity contribution in [1.82, 2.24) is 10.3 Å². The summed E-state index contributed by atoms with van der Waals surface area (Å²) < 4.78 is 23.3. The van der Waals surface area contributed by atoms with E-state index in [4.69, 9.17) is 0 Å². The molecule has 4 nitrogen and oxygen atoms in total. The Bertz CT molecular complexity index is 501. The molecule has 1 aliphatic carbocycles. The molecule has 0 bridgehead atoms. The van der Waals surface area contributed by atoms with E-state index in [1.165, 1.54) is 11.8 Å². The minimum Gasteiger partial charge on any atom is -0.307 e. The molecule has 0 saturated heterocycles. The van der Waals surface area contributed by atoms with Gasteiger partial charge in [-0.1, -0.05) is 6.42 Å². The Labute approximate surface area is 115 Å². The van der Waals surface area contributed by atoms with Crippen LogP contribution in [0.15, 0.2) is 24.5 Å². The van der Waals surface area contributed by atoms with Crippen molar-refractivity contribution in [3.05, 3.63) is 30.1 Å². The van der Waals surface area contributed by atoms with Gasteiger partial charge in [0.2, 0.25) is 0 Å². The lowest BCUT2D eigenvalue weighted by Crippen LogP contribution is -2.39. The van der Waals surface area contributed by atoms with Crippen molar-refractivity contribution < 1.29 is 8.42 Å². The second-order valence-electron chi connectivity index (χ2n) is 5.48. The molecule has 106 valence electrons. The van der Waals surface area contributed by atoms with Crippen LogP contribution in [0.1, 0.15) is 44.2 Å². The van der Waals surface area contributed by atoms with Crippen molar-refractivity contribution >= 4 is 9.84 Å². The number of hydrogen-bond donors (Lipinski definition) is 1. The lowest BCUT2D eigenvalue weighted by atomic mass is 9.94. The molecule has 0 amide bonds. The Morgan fingerprint density at radius 2 is 2.00 bits per heavy atom. The number of nitrogens with zero attached hydrogens (tertiary/aromatic N) is 1. The van der Waals surface area contributed by atoms with Crippen LogP contribution >= 0.6 is 0 Å². The predicted octanol–water partition coefficient (Wildman–Crippen LogP) is 2.09. The summed E-state index contributed by atoms with van der Waals surface area (Å²) in [6.07, 6.45) is 8.50. The van der Waals surface area contributed by atoms with Crippen molar-refractivity contribution in [3.8, 4) is 0 Å². The molecule has 0 aromatic carbocycles. The van der Waals surface area contributed by atoms with Crippen LogP contribution in [-0.2, 0) is 9.84 Å².